The van der Waals surface area contributed by atoms with Gasteiger partial charge in [0.05, 0.1) is 0 Å². The first-order chi connectivity index (χ1) is 7.13. The van der Waals surface area contributed by atoms with Gasteiger partial charge in [0.15, 0.2) is 11.6 Å². The number of nitrogens with one attached hydrogen (secondary N) is 1. The number of allylic oxidation sites excluding steroid dienone is 1. The Morgan fingerprint density at radius 3 is 2.73 bits per heavy atom. The molecule has 0 saturated heterocycles. The fourth-order valence-electron chi connectivity index (χ4n) is 1.31. The zero-order valence-corrected chi connectivity index (χ0v) is 8.76. The van der Waals surface area contributed by atoms with Crippen molar-refractivity contribution in [3.63, 3.8) is 0 Å². The van der Waals surface area contributed by atoms with Gasteiger partial charge in [-0.2, -0.15) is 0 Å². The number of anilines is 1. The van der Waals surface area contributed by atoms with E-state index in [1.54, 1.807) is 0 Å². The van der Waals surface area contributed by atoms with Crippen LogP contribution in [-0.2, 0) is 0 Å². The van der Waals surface area contributed by atoms with Gasteiger partial charge in [-0.3, -0.25) is 0 Å². The van der Waals surface area contributed by atoms with Gasteiger partial charge in [-0.25, -0.2) is 8.78 Å². The van der Waals surface area contributed by atoms with E-state index in [0.717, 1.165) is 18.9 Å². The van der Waals surface area contributed by atoms with Crippen molar-refractivity contribution in [1.82, 2.24) is 0 Å². The zero-order chi connectivity index (χ0) is 11.3. The quantitative estimate of drug-likeness (QED) is 0.732. The Morgan fingerprint density at radius 2 is 2.13 bits per heavy atom. The lowest BCUT2D eigenvalue weighted by Crippen LogP contribution is -2.14. The van der Waals surface area contributed by atoms with Gasteiger partial charge in [-0.15, -0.1) is 6.58 Å². The van der Waals surface area contributed by atoms with Gasteiger partial charge in [-0.1, -0.05) is 6.08 Å². The second-order valence-corrected chi connectivity index (χ2v) is 3.54. The van der Waals surface area contributed by atoms with E-state index in [9.17, 15) is 8.78 Å². The van der Waals surface area contributed by atoms with Gasteiger partial charge in [0.1, 0.15) is 0 Å². The summed E-state index contributed by atoms with van der Waals surface area (Å²) in [7, 11) is 0. The number of rotatable bonds is 5. The Labute approximate surface area is 88.8 Å². The summed E-state index contributed by atoms with van der Waals surface area (Å²) in [4.78, 5) is 0. The van der Waals surface area contributed by atoms with E-state index in [1.807, 2.05) is 13.0 Å². The summed E-state index contributed by atoms with van der Waals surface area (Å²) in [5.41, 5.74) is 0.602. The monoisotopic (exact) mass is 211 g/mol. The van der Waals surface area contributed by atoms with Crippen LogP contribution in [0.15, 0.2) is 30.9 Å². The third-order valence-corrected chi connectivity index (χ3v) is 2.14. The molecule has 0 aliphatic carbocycles. The number of benzene rings is 1. The number of halogens is 2. The summed E-state index contributed by atoms with van der Waals surface area (Å²) in [5, 5.41) is 3.09. The lowest BCUT2D eigenvalue weighted by Gasteiger charge is -2.14. The molecule has 0 heterocycles. The van der Waals surface area contributed by atoms with Crippen LogP contribution in [-0.4, -0.2) is 6.04 Å². The molecular weight excluding hydrogens is 196 g/mol. The summed E-state index contributed by atoms with van der Waals surface area (Å²) >= 11 is 0. The van der Waals surface area contributed by atoms with Crippen LogP contribution in [0.3, 0.4) is 0 Å². The first-order valence-corrected chi connectivity index (χ1v) is 4.96. The summed E-state index contributed by atoms with van der Waals surface area (Å²) in [6, 6.07) is 4.04. The first-order valence-electron chi connectivity index (χ1n) is 4.96. The molecule has 0 spiro atoms. The molecule has 0 aromatic heterocycles. The molecule has 0 fully saturated rings. The van der Waals surface area contributed by atoms with Gasteiger partial charge in [0, 0.05) is 17.8 Å². The van der Waals surface area contributed by atoms with Crippen LogP contribution >= 0.6 is 0 Å². The Kier molecular flexibility index (Phi) is 4.28. The number of hydrogen-bond donors (Lipinski definition) is 1. The summed E-state index contributed by atoms with van der Waals surface area (Å²) in [5.74, 6) is -1.64. The molecule has 0 aliphatic rings. The highest BCUT2D eigenvalue weighted by Crippen LogP contribution is 2.15. The minimum Gasteiger partial charge on any atom is -0.382 e. The fraction of sp³-hybridized carbons (Fsp3) is 0.333. The molecule has 1 atom stereocenters. The number of hydrogen-bond acceptors (Lipinski definition) is 1. The lowest BCUT2D eigenvalue weighted by atomic mass is 10.1. The van der Waals surface area contributed by atoms with Crippen LogP contribution in [0.1, 0.15) is 19.8 Å². The van der Waals surface area contributed by atoms with E-state index in [-0.39, 0.29) is 6.04 Å². The van der Waals surface area contributed by atoms with E-state index in [0.29, 0.717) is 5.69 Å². The van der Waals surface area contributed by atoms with Gasteiger partial charge in [-0.05, 0) is 31.9 Å². The second kappa shape index (κ2) is 5.49. The molecule has 3 heteroatoms. The van der Waals surface area contributed by atoms with Crippen molar-refractivity contribution in [3.8, 4) is 0 Å². The Hall–Kier alpha value is -1.38. The zero-order valence-electron chi connectivity index (χ0n) is 8.76. The van der Waals surface area contributed by atoms with Crippen molar-refractivity contribution in [2.75, 3.05) is 5.32 Å². The van der Waals surface area contributed by atoms with E-state index in [4.69, 9.17) is 0 Å². The molecule has 0 saturated carbocycles. The predicted molar refractivity (Wildman–Crippen MR) is 58.9 cm³/mol. The van der Waals surface area contributed by atoms with Crippen LogP contribution in [0, 0.1) is 11.6 Å². The maximum atomic E-state index is 12.9. The van der Waals surface area contributed by atoms with Crippen LogP contribution in [0.4, 0.5) is 14.5 Å². The van der Waals surface area contributed by atoms with Crippen molar-refractivity contribution in [3.05, 3.63) is 42.5 Å². The summed E-state index contributed by atoms with van der Waals surface area (Å²) in [6.07, 6.45) is 3.66. The standard InChI is InChI=1S/C12H15F2N/c1-3-4-5-9(2)15-10-6-7-11(13)12(14)8-10/h3,6-9,15H,1,4-5H2,2H3/t9-/m1/s1. The normalized spacial score (nSPS) is 12.2. The van der Waals surface area contributed by atoms with Gasteiger partial charge < -0.3 is 5.32 Å². The van der Waals surface area contributed by atoms with Crippen molar-refractivity contribution >= 4 is 5.69 Å². The molecule has 1 rings (SSSR count). The lowest BCUT2D eigenvalue weighted by molar-refractivity contribution is 0.509. The molecule has 1 nitrogen and oxygen atoms in total. The summed E-state index contributed by atoms with van der Waals surface area (Å²) in [6.45, 7) is 5.62. The summed E-state index contributed by atoms with van der Waals surface area (Å²) < 4.78 is 25.5. The van der Waals surface area contributed by atoms with E-state index in [1.165, 1.54) is 12.1 Å². The average Bonchev–Trinajstić information content (AvgIpc) is 2.20. The molecule has 0 radical (unpaired) electrons. The Balaban J connectivity index is 2.56. The maximum Gasteiger partial charge on any atom is 0.160 e. The highest BCUT2D eigenvalue weighted by atomic mass is 19.2. The molecule has 0 amide bonds. The second-order valence-electron chi connectivity index (χ2n) is 3.54. The minimum atomic E-state index is -0.823. The van der Waals surface area contributed by atoms with Crippen LogP contribution in [0.2, 0.25) is 0 Å². The van der Waals surface area contributed by atoms with Crippen molar-refractivity contribution < 1.29 is 8.78 Å². The van der Waals surface area contributed by atoms with Crippen molar-refractivity contribution in [2.45, 2.75) is 25.8 Å². The minimum absolute atomic E-state index is 0.216. The molecule has 0 bridgehead atoms. The molecule has 15 heavy (non-hydrogen) atoms. The van der Waals surface area contributed by atoms with E-state index in [2.05, 4.69) is 11.9 Å². The molecule has 1 aromatic rings. The van der Waals surface area contributed by atoms with E-state index >= 15 is 0 Å². The topological polar surface area (TPSA) is 12.0 Å². The van der Waals surface area contributed by atoms with Crippen LogP contribution < -0.4 is 5.32 Å². The molecule has 82 valence electrons. The van der Waals surface area contributed by atoms with E-state index < -0.39 is 11.6 Å². The van der Waals surface area contributed by atoms with Gasteiger partial charge in [0.2, 0.25) is 0 Å². The fourth-order valence-corrected chi connectivity index (χ4v) is 1.31. The Morgan fingerprint density at radius 1 is 1.40 bits per heavy atom. The molecule has 0 unspecified atom stereocenters. The third-order valence-electron chi connectivity index (χ3n) is 2.14. The van der Waals surface area contributed by atoms with Crippen molar-refractivity contribution in [1.29, 1.82) is 0 Å². The molecular formula is C12H15F2N. The third kappa shape index (κ3) is 3.70. The molecule has 1 aromatic carbocycles. The smallest absolute Gasteiger partial charge is 0.160 e. The van der Waals surface area contributed by atoms with Crippen LogP contribution in [0.5, 0.6) is 0 Å². The highest BCUT2D eigenvalue weighted by Gasteiger charge is 2.04. The highest BCUT2D eigenvalue weighted by molar-refractivity contribution is 5.44. The Bertz CT molecular complexity index is 336. The van der Waals surface area contributed by atoms with Crippen molar-refractivity contribution in [2.24, 2.45) is 0 Å². The van der Waals surface area contributed by atoms with Crippen LogP contribution in [0.25, 0.3) is 0 Å². The average molecular weight is 211 g/mol. The largest absolute Gasteiger partial charge is 0.382 e. The van der Waals surface area contributed by atoms with Gasteiger partial charge in [0.25, 0.3) is 0 Å². The van der Waals surface area contributed by atoms with Gasteiger partial charge >= 0.3 is 0 Å². The predicted octanol–water partition coefficient (Wildman–Crippen LogP) is 3.73. The molecule has 1 N–H and O–H groups in total. The molecule has 0 aliphatic heterocycles. The SMILES string of the molecule is C=CCC[C@@H](C)Nc1ccc(F)c(F)c1. The first kappa shape index (κ1) is 11.7. The maximum absolute atomic E-state index is 12.9.